The van der Waals surface area contributed by atoms with Crippen LogP contribution in [0.2, 0.25) is 5.02 Å². The Morgan fingerprint density at radius 1 is 1.20 bits per heavy atom. The normalized spacial score (nSPS) is 14.1. The Morgan fingerprint density at radius 3 is 2.60 bits per heavy atom. The third kappa shape index (κ3) is 2.27. The van der Waals surface area contributed by atoms with E-state index in [2.05, 4.69) is 4.98 Å². The number of halogens is 1. The summed E-state index contributed by atoms with van der Waals surface area (Å²) < 4.78 is 1.88. The molecule has 0 fully saturated rings. The Morgan fingerprint density at radius 2 is 1.90 bits per heavy atom. The predicted octanol–water partition coefficient (Wildman–Crippen LogP) is 3.46. The molecule has 0 amide bonds. The highest BCUT2D eigenvalue weighted by Gasteiger charge is 2.19. The minimum Gasteiger partial charge on any atom is -0.309 e. The van der Waals surface area contributed by atoms with Crippen LogP contribution in [0, 0.1) is 0 Å². The van der Waals surface area contributed by atoms with E-state index in [9.17, 15) is 4.79 Å². The topological polar surface area (TPSA) is 34.9 Å². The number of aryl methyl sites for hydroxylation is 1. The highest BCUT2D eigenvalue weighted by Crippen LogP contribution is 2.22. The van der Waals surface area contributed by atoms with Crippen LogP contribution in [0.15, 0.2) is 29.1 Å². The molecule has 1 aliphatic carbocycles. The van der Waals surface area contributed by atoms with Crippen LogP contribution in [-0.4, -0.2) is 9.55 Å². The number of rotatable bonds is 2. The van der Waals surface area contributed by atoms with Crippen LogP contribution in [-0.2, 0) is 19.4 Å². The summed E-state index contributed by atoms with van der Waals surface area (Å²) in [5.41, 5.74) is 3.61. The van der Waals surface area contributed by atoms with Gasteiger partial charge in [-0.2, -0.15) is 0 Å². The van der Waals surface area contributed by atoms with E-state index in [1.807, 2.05) is 23.6 Å². The first kappa shape index (κ1) is 13.4. The smallest absolute Gasteiger partial charge is 0.277 e. The van der Waals surface area contributed by atoms with Gasteiger partial charge in [-0.25, -0.2) is 4.98 Å². The number of aromatic nitrogens is 2. The molecule has 0 aliphatic heterocycles. The lowest BCUT2D eigenvalue weighted by molar-refractivity contribution is 0.576. The summed E-state index contributed by atoms with van der Waals surface area (Å²) in [6.07, 6.45) is 4.24. The molecule has 0 saturated heterocycles. The van der Waals surface area contributed by atoms with E-state index >= 15 is 0 Å². The van der Waals surface area contributed by atoms with Gasteiger partial charge < -0.3 is 4.57 Å². The molecule has 0 radical (unpaired) electrons. The zero-order valence-electron chi connectivity index (χ0n) is 11.5. The molecule has 3 nitrogen and oxygen atoms in total. The molecular weight excluding hydrogens is 272 g/mol. The van der Waals surface area contributed by atoms with E-state index in [0.29, 0.717) is 17.3 Å². The molecule has 104 valence electrons. The van der Waals surface area contributed by atoms with Gasteiger partial charge in [-0.15, -0.1) is 0 Å². The Bertz CT molecular complexity index is 689. The summed E-state index contributed by atoms with van der Waals surface area (Å²) in [5, 5.41) is 0.669. The average molecular weight is 289 g/mol. The molecule has 1 heterocycles. The standard InChI is InChI=1S/C16H17ClN2O/c1-2-19-14-6-4-3-5-13(14)18-15(16(19)20)11-7-9-12(17)10-8-11/h7-10H,2-6H2,1H3. The lowest BCUT2D eigenvalue weighted by atomic mass is 9.99. The molecule has 0 saturated carbocycles. The third-order valence-electron chi connectivity index (χ3n) is 3.86. The maximum Gasteiger partial charge on any atom is 0.277 e. The molecule has 1 aliphatic rings. The summed E-state index contributed by atoms with van der Waals surface area (Å²) in [6, 6.07) is 7.32. The van der Waals surface area contributed by atoms with Gasteiger partial charge in [0.05, 0.1) is 5.69 Å². The highest BCUT2D eigenvalue weighted by atomic mass is 35.5. The van der Waals surface area contributed by atoms with E-state index in [4.69, 9.17) is 11.6 Å². The Hall–Kier alpha value is -1.61. The quantitative estimate of drug-likeness (QED) is 0.848. The van der Waals surface area contributed by atoms with Gasteiger partial charge in [0, 0.05) is 22.8 Å². The molecule has 3 rings (SSSR count). The minimum absolute atomic E-state index is 0.00970. The van der Waals surface area contributed by atoms with Crippen molar-refractivity contribution in [2.45, 2.75) is 39.2 Å². The van der Waals surface area contributed by atoms with Crippen LogP contribution in [0.5, 0.6) is 0 Å². The molecule has 0 N–H and O–H groups in total. The molecule has 0 spiro atoms. The van der Waals surface area contributed by atoms with Crippen molar-refractivity contribution in [3.05, 3.63) is 51.0 Å². The summed E-state index contributed by atoms with van der Waals surface area (Å²) in [6.45, 7) is 2.71. The fourth-order valence-electron chi connectivity index (χ4n) is 2.85. The van der Waals surface area contributed by atoms with E-state index in [-0.39, 0.29) is 5.56 Å². The molecule has 0 bridgehead atoms. The molecular formula is C16H17ClN2O. The highest BCUT2D eigenvalue weighted by molar-refractivity contribution is 6.30. The summed E-state index contributed by atoms with van der Waals surface area (Å²) in [5.74, 6) is 0. The lowest BCUT2D eigenvalue weighted by Crippen LogP contribution is -2.29. The van der Waals surface area contributed by atoms with Crippen molar-refractivity contribution < 1.29 is 0 Å². The first-order valence-electron chi connectivity index (χ1n) is 7.09. The Balaban J connectivity index is 2.21. The van der Waals surface area contributed by atoms with Crippen LogP contribution >= 0.6 is 11.6 Å². The zero-order valence-corrected chi connectivity index (χ0v) is 12.3. The van der Waals surface area contributed by atoms with Crippen LogP contribution in [0.4, 0.5) is 0 Å². The predicted molar refractivity (Wildman–Crippen MR) is 81.3 cm³/mol. The largest absolute Gasteiger partial charge is 0.309 e. The van der Waals surface area contributed by atoms with Gasteiger partial charge in [0.1, 0.15) is 5.69 Å². The summed E-state index contributed by atoms with van der Waals surface area (Å²) in [7, 11) is 0. The van der Waals surface area contributed by atoms with Gasteiger partial charge in [-0.1, -0.05) is 23.7 Å². The molecule has 4 heteroatoms. The van der Waals surface area contributed by atoms with Crippen molar-refractivity contribution >= 4 is 11.6 Å². The van der Waals surface area contributed by atoms with Crippen molar-refractivity contribution in [3.63, 3.8) is 0 Å². The summed E-state index contributed by atoms with van der Waals surface area (Å²) >= 11 is 5.91. The van der Waals surface area contributed by atoms with Crippen molar-refractivity contribution in [1.82, 2.24) is 9.55 Å². The van der Waals surface area contributed by atoms with Crippen molar-refractivity contribution in [2.75, 3.05) is 0 Å². The SMILES string of the molecule is CCn1c2c(nc(-c3ccc(Cl)cc3)c1=O)CCCC2. The van der Waals surface area contributed by atoms with E-state index in [1.165, 1.54) is 0 Å². The van der Waals surface area contributed by atoms with Crippen molar-refractivity contribution in [2.24, 2.45) is 0 Å². The van der Waals surface area contributed by atoms with Gasteiger partial charge in [-0.3, -0.25) is 4.79 Å². The van der Waals surface area contributed by atoms with Crippen LogP contribution < -0.4 is 5.56 Å². The monoisotopic (exact) mass is 288 g/mol. The van der Waals surface area contributed by atoms with Crippen LogP contribution in [0.25, 0.3) is 11.3 Å². The molecule has 0 atom stereocenters. The second kappa shape index (κ2) is 5.41. The first-order valence-corrected chi connectivity index (χ1v) is 7.47. The molecule has 2 aromatic rings. The Kier molecular flexibility index (Phi) is 3.62. The fourth-order valence-corrected chi connectivity index (χ4v) is 2.97. The zero-order chi connectivity index (χ0) is 14.1. The van der Waals surface area contributed by atoms with Crippen LogP contribution in [0.1, 0.15) is 31.2 Å². The summed E-state index contributed by atoms with van der Waals surface area (Å²) in [4.78, 5) is 17.3. The van der Waals surface area contributed by atoms with Gasteiger partial charge in [-0.05, 0) is 44.7 Å². The molecule has 20 heavy (non-hydrogen) atoms. The maximum atomic E-state index is 12.6. The van der Waals surface area contributed by atoms with Gasteiger partial charge >= 0.3 is 0 Å². The van der Waals surface area contributed by atoms with Crippen LogP contribution in [0.3, 0.4) is 0 Å². The minimum atomic E-state index is 0.00970. The molecule has 1 aromatic carbocycles. The second-order valence-corrected chi connectivity index (χ2v) is 5.55. The molecule has 0 unspecified atom stereocenters. The van der Waals surface area contributed by atoms with Crippen molar-refractivity contribution in [3.8, 4) is 11.3 Å². The third-order valence-corrected chi connectivity index (χ3v) is 4.12. The van der Waals surface area contributed by atoms with E-state index in [0.717, 1.165) is 42.6 Å². The fraction of sp³-hybridized carbons (Fsp3) is 0.375. The van der Waals surface area contributed by atoms with Gasteiger partial charge in [0.2, 0.25) is 0 Å². The molecule has 1 aromatic heterocycles. The van der Waals surface area contributed by atoms with Crippen molar-refractivity contribution in [1.29, 1.82) is 0 Å². The Labute approximate surface area is 123 Å². The first-order chi connectivity index (χ1) is 9.70. The maximum absolute atomic E-state index is 12.6. The number of benzene rings is 1. The van der Waals surface area contributed by atoms with Gasteiger partial charge in [0.25, 0.3) is 5.56 Å². The lowest BCUT2D eigenvalue weighted by Gasteiger charge is -2.20. The average Bonchev–Trinajstić information content (AvgIpc) is 2.48. The second-order valence-electron chi connectivity index (χ2n) is 5.12. The van der Waals surface area contributed by atoms with Gasteiger partial charge in [0.15, 0.2) is 0 Å². The van der Waals surface area contributed by atoms with E-state index in [1.54, 1.807) is 12.1 Å². The van der Waals surface area contributed by atoms with E-state index < -0.39 is 0 Å². The number of fused-ring (bicyclic) bond motifs is 1. The number of nitrogens with zero attached hydrogens (tertiary/aromatic N) is 2. The number of hydrogen-bond donors (Lipinski definition) is 0. The number of hydrogen-bond acceptors (Lipinski definition) is 2.